The topological polar surface area (TPSA) is 83.1 Å². The summed E-state index contributed by atoms with van der Waals surface area (Å²) >= 11 is 0. The Bertz CT molecular complexity index is 671. The van der Waals surface area contributed by atoms with Crippen LogP contribution >= 0.6 is 0 Å². The number of nitrogens with zero attached hydrogens (tertiary/aromatic N) is 1. The van der Waals surface area contributed by atoms with Crippen LogP contribution in [0.2, 0.25) is 0 Å². The fraction of sp³-hybridized carbons (Fsp3) is 0.188. The van der Waals surface area contributed by atoms with Gasteiger partial charge in [-0.3, -0.25) is 25.4 Å². The van der Waals surface area contributed by atoms with E-state index in [-0.39, 0.29) is 12.5 Å². The Balaban J connectivity index is 1.80. The molecule has 0 saturated heterocycles. The minimum absolute atomic E-state index is 0.0667. The summed E-state index contributed by atoms with van der Waals surface area (Å²) in [6, 6.07) is 9.19. The molecule has 0 aliphatic carbocycles. The van der Waals surface area contributed by atoms with Gasteiger partial charge in [-0.25, -0.2) is 0 Å². The molecule has 22 heavy (non-hydrogen) atoms. The molecule has 0 fully saturated rings. The van der Waals surface area contributed by atoms with Gasteiger partial charge in [-0.15, -0.1) is 0 Å². The van der Waals surface area contributed by atoms with Gasteiger partial charge in [0.2, 0.25) is 0 Å². The SMILES string of the molecule is Cc1ccc(NCC(=O)NNC(=O)c2cccnc2)c(C)c1. The molecule has 0 atom stereocenters. The zero-order chi connectivity index (χ0) is 15.9. The molecule has 0 saturated carbocycles. The molecule has 1 aromatic carbocycles. The van der Waals surface area contributed by atoms with Crippen molar-refractivity contribution in [1.82, 2.24) is 15.8 Å². The molecule has 0 bridgehead atoms. The van der Waals surface area contributed by atoms with Crippen molar-refractivity contribution in [3.8, 4) is 0 Å². The van der Waals surface area contributed by atoms with Crippen molar-refractivity contribution < 1.29 is 9.59 Å². The van der Waals surface area contributed by atoms with Crippen LogP contribution in [0.1, 0.15) is 21.5 Å². The predicted molar refractivity (Wildman–Crippen MR) is 84.3 cm³/mol. The Kier molecular flexibility index (Phi) is 5.08. The zero-order valence-electron chi connectivity index (χ0n) is 12.5. The number of hydrogen-bond donors (Lipinski definition) is 3. The lowest BCUT2D eigenvalue weighted by Gasteiger charge is -2.11. The maximum absolute atomic E-state index is 11.7. The van der Waals surface area contributed by atoms with E-state index >= 15 is 0 Å². The van der Waals surface area contributed by atoms with Crippen LogP contribution in [0.15, 0.2) is 42.7 Å². The summed E-state index contributed by atoms with van der Waals surface area (Å²) in [5.41, 5.74) is 8.19. The lowest BCUT2D eigenvalue weighted by atomic mass is 10.1. The molecular weight excluding hydrogens is 280 g/mol. The number of pyridine rings is 1. The van der Waals surface area contributed by atoms with Crippen LogP contribution in [0.25, 0.3) is 0 Å². The van der Waals surface area contributed by atoms with Crippen molar-refractivity contribution in [2.45, 2.75) is 13.8 Å². The molecule has 0 unspecified atom stereocenters. The number of aromatic nitrogens is 1. The van der Waals surface area contributed by atoms with Crippen LogP contribution in [-0.4, -0.2) is 23.3 Å². The smallest absolute Gasteiger partial charge is 0.271 e. The Morgan fingerprint density at radius 2 is 1.95 bits per heavy atom. The number of benzene rings is 1. The average Bonchev–Trinajstić information content (AvgIpc) is 2.52. The van der Waals surface area contributed by atoms with E-state index in [1.807, 2.05) is 32.0 Å². The minimum Gasteiger partial charge on any atom is -0.376 e. The van der Waals surface area contributed by atoms with Gasteiger partial charge in [-0.1, -0.05) is 17.7 Å². The Labute approximate surface area is 128 Å². The van der Waals surface area contributed by atoms with Crippen LogP contribution in [0, 0.1) is 13.8 Å². The molecule has 0 radical (unpaired) electrons. The molecule has 2 amide bonds. The van der Waals surface area contributed by atoms with Gasteiger partial charge in [0.15, 0.2) is 0 Å². The predicted octanol–water partition coefficient (Wildman–Crippen LogP) is 1.57. The highest BCUT2D eigenvalue weighted by atomic mass is 16.2. The molecule has 0 aliphatic heterocycles. The van der Waals surface area contributed by atoms with E-state index in [9.17, 15) is 9.59 Å². The lowest BCUT2D eigenvalue weighted by molar-refractivity contribution is -0.120. The van der Waals surface area contributed by atoms with E-state index in [0.29, 0.717) is 5.56 Å². The highest BCUT2D eigenvalue weighted by Gasteiger charge is 2.07. The van der Waals surface area contributed by atoms with Crippen LogP contribution in [0.5, 0.6) is 0 Å². The van der Waals surface area contributed by atoms with E-state index in [4.69, 9.17) is 0 Å². The van der Waals surface area contributed by atoms with Gasteiger partial charge in [0.25, 0.3) is 11.8 Å². The fourth-order valence-corrected chi connectivity index (χ4v) is 1.93. The minimum atomic E-state index is -0.409. The number of hydrazine groups is 1. The van der Waals surface area contributed by atoms with Gasteiger partial charge in [0.05, 0.1) is 12.1 Å². The van der Waals surface area contributed by atoms with Crippen LogP contribution in [0.3, 0.4) is 0 Å². The van der Waals surface area contributed by atoms with Crippen molar-refractivity contribution in [2.75, 3.05) is 11.9 Å². The van der Waals surface area contributed by atoms with E-state index in [2.05, 4.69) is 21.2 Å². The Morgan fingerprint density at radius 1 is 1.14 bits per heavy atom. The first kappa shape index (κ1) is 15.5. The van der Waals surface area contributed by atoms with Crippen LogP contribution in [-0.2, 0) is 4.79 Å². The standard InChI is InChI=1S/C16H18N4O2/c1-11-5-6-14(12(2)8-11)18-10-15(21)19-20-16(22)13-4-3-7-17-9-13/h3-9,18H,10H2,1-2H3,(H,19,21)(H,20,22). The molecule has 1 heterocycles. The summed E-state index contributed by atoms with van der Waals surface area (Å²) in [4.78, 5) is 27.3. The summed E-state index contributed by atoms with van der Waals surface area (Å²) < 4.78 is 0. The number of aryl methyl sites for hydroxylation is 2. The second-order valence-electron chi connectivity index (χ2n) is 4.92. The highest BCUT2D eigenvalue weighted by molar-refractivity contribution is 5.95. The first-order valence-corrected chi connectivity index (χ1v) is 6.86. The number of amides is 2. The summed E-state index contributed by atoms with van der Waals surface area (Å²) in [6.07, 6.45) is 3.00. The number of carbonyl (C=O) groups is 2. The third kappa shape index (κ3) is 4.31. The van der Waals surface area contributed by atoms with Gasteiger partial charge in [-0.2, -0.15) is 0 Å². The summed E-state index contributed by atoms with van der Waals surface area (Å²) in [7, 11) is 0. The zero-order valence-corrected chi connectivity index (χ0v) is 12.5. The highest BCUT2D eigenvalue weighted by Crippen LogP contribution is 2.15. The van der Waals surface area contributed by atoms with E-state index in [0.717, 1.165) is 16.8 Å². The molecule has 3 N–H and O–H groups in total. The molecule has 2 aromatic rings. The second kappa shape index (κ2) is 7.21. The van der Waals surface area contributed by atoms with Gasteiger partial charge in [0, 0.05) is 18.1 Å². The number of anilines is 1. The molecule has 1 aromatic heterocycles. The van der Waals surface area contributed by atoms with Crippen molar-refractivity contribution in [2.24, 2.45) is 0 Å². The van der Waals surface area contributed by atoms with Crippen molar-refractivity contribution in [3.63, 3.8) is 0 Å². The molecule has 114 valence electrons. The maximum Gasteiger partial charge on any atom is 0.271 e. The number of hydrogen-bond acceptors (Lipinski definition) is 4. The summed E-state index contributed by atoms with van der Waals surface area (Å²) in [5.74, 6) is -0.745. The first-order chi connectivity index (χ1) is 10.6. The molecule has 6 heteroatoms. The van der Waals surface area contributed by atoms with Gasteiger partial charge >= 0.3 is 0 Å². The van der Waals surface area contributed by atoms with E-state index in [1.54, 1.807) is 18.3 Å². The Hall–Kier alpha value is -2.89. The maximum atomic E-state index is 11.7. The van der Waals surface area contributed by atoms with Crippen molar-refractivity contribution in [1.29, 1.82) is 0 Å². The number of rotatable bonds is 4. The summed E-state index contributed by atoms with van der Waals surface area (Å²) in [5, 5.41) is 3.03. The van der Waals surface area contributed by atoms with Gasteiger partial charge in [0.1, 0.15) is 0 Å². The first-order valence-electron chi connectivity index (χ1n) is 6.86. The summed E-state index contributed by atoms with van der Waals surface area (Å²) in [6.45, 7) is 4.05. The third-order valence-corrected chi connectivity index (χ3v) is 3.06. The van der Waals surface area contributed by atoms with Crippen LogP contribution in [0.4, 0.5) is 5.69 Å². The Morgan fingerprint density at radius 3 is 2.64 bits per heavy atom. The van der Waals surface area contributed by atoms with Crippen molar-refractivity contribution in [3.05, 3.63) is 59.4 Å². The average molecular weight is 298 g/mol. The molecule has 0 aliphatic rings. The molecular formula is C16H18N4O2. The van der Waals surface area contributed by atoms with Gasteiger partial charge in [-0.05, 0) is 37.6 Å². The number of carbonyl (C=O) groups excluding carboxylic acids is 2. The van der Waals surface area contributed by atoms with Crippen molar-refractivity contribution >= 4 is 17.5 Å². The van der Waals surface area contributed by atoms with E-state index < -0.39 is 5.91 Å². The number of nitrogens with one attached hydrogen (secondary N) is 3. The quantitative estimate of drug-likeness (QED) is 0.748. The normalized spacial score (nSPS) is 9.91. The second-order valence-corrected chi connectivity index (χ2v) is 4.92. The molecule has 2 rings (SSSR count). The third-order valence-electron chi connectivity index (χ3n) is 3.06. The largest absolute Gasteiger partial charge is 0.376 e. The lowest BCUT2D eigenvalue weighted by Crippen LogP contribution is -2.44. The monoisotopic (exact) mass is 298 g/mol. The molecule has 6 nitrogen and oxygen atoms in total. The van der Waals surface area contributed by atoms with Crippen LogP contribution < -0.4 is 16.2 Å². The van der Waals surface area contributed by atoms with E-state index in [1.165, 1.54) is 6.20 Å². The fourth-order valence-electron chi connectivity index (χ4n) is 1.93. The van der Waals surface area contributed by atoms with Gasteiger partial charge < -0.3 is 5.32 Å². The molecule has 0 spiro atoms.